The average Bonchev–Trinajstić information content (AvgIpc) is 3.10. The number of carbonyl (C=O) groups excluding carboxylic acids is 1. The fraction of sp³-hybridized carbons (Fsp3) is 0.0588. The highest BCUT2D eigenvalue weighted by atomic mass is 19.2. The minimum Gasteiger partial charge on any atom is -0.479 e. The standard InChI is InChI=1S/C17H10F4N2O3/c18-11-7-12(19)15(21)16(14(11)20)25-8-10-1-2-13(26-10)17(24)23-9-3-5-22-6-4-9/h1-7H,8H2,(H,22,23,24). The Morgan fingerprint density at radius 2 is 1.69 bits per heavy atom. The van der Waals surface area contributed by atoms with E-state index in [4.69, 9.17) is 9.15 Å². The summed E-state index contributed by atoms with van der Waals surface area (Å²) < 4.78 is 63.2. The van der Waals surface area contributed by atoms with Crippen LogP contribution >= 0.6 is 0 Å². The van der Waals surface area contributed by atoms with Crippen LogP contribution < -0.4 is 10.1 Å². The van der Waals surface area contributed by atoms with Gasteiger partial charge in [0, 0.05) is 24.1 Å². The number of amides is 1. The van der Waals surface area contributed by atoms with E-state index < -0.39 is 41.5 Å². The summed E-state index contributed by atoms with van der Waals surface area (Å²) in [6, 6.07) is 5.84. The van der Waals surface area contributed by atoms with Crippen LogP contribution in [0.4, 0.5) is 23.2 Å². The molecule has 134 valence electrons. The molecular formula is C17H10F4N2O3. The van der Waals surface area contributed by atoms with Gasteiger partial charge in [-0.05, 0) is 24.3 Å². The Bertz CT molecular complexity index is 918. The van der Waals surface area contributed by atoms with E-state index in [0.717, 1.165) is 0 Å². The molecule has 3 aromatic rings. The van der Waals surface area contributed by atoms with Crippen LogP contribution in [-0.4, -0.2) is 10.9 Å². The number of carbonyl (C=O) groups is 1. The van der Waals surface area contributed by atoms with Crippen molar-refractivity contribution < 1.29 is 31.5 Å². The predicted molar refractivity (Wildman–Crippen MR) is 81.5 cm³/mol. The number of hydrogen-bond acceptors (Lipinski definition) is 4. The van der Waals surface area contributed by atoms with E-state index in [1.807, 2.05) is 0 Å². The molecule has 2 aromatic heterocycles. The molecule has 1 N–H and O–H groups in total. The van der Waals surface area contributed by atoms with Crippen molar-refractivity contribution in [3.8, 4) is 5.75 Å². The van der Waals surface area contributed by atoms with Gasteiger partial charge in [0.2, 0.25) is 11.6 Å². The van der Waals surface area contributed by atoms with Crippen molar-refractivity contribution in [3.63, 3.8) is 0 Å². The zero-order chi connectivity index (χ0) is 18.7. The number of nitrogens with one attached hydrogen (secondary N) is 1. The molecule has 0 fully saturated rings. The molecule has 0 aliphatic heterocycles. The first-order valence-electron chi connectivity index (χ1n) is 7.21. The van der Waals surface area contributed by atoms with E-state index >= 15 is 0 Å². The van der Waals surface area contributed by atoms with Gasteiger partial charge in [0.05, 0.1) is 0 Å². The summed E-state index contributed by atoms with van der Waals surface area (Å²) in [4.78, 5) is 15.8. The first-order valence-corrected chi connectivity index (χ1v) is 7.21. The summed E-state index contributed by atoms with van der Waals surface area (Å²) in [7, 11) is 0. The monoisotopic (exact) mass is 366 g/mol. The maximum absolute atomic E-state index is 13.5. The Hall–Kier alpha value is -3.36. The summed E-state index contributed by atoms with van der Waals surface area (Å²) in [5.41, 5.74) is 0.485. The number of nitrogens with zero attached hydrogens (tertiary/aromatic N) is 1. The third kappa shape index (κ3) is 3.66. The topological polar surface area (TPSA) is 64.4 Å². The van der Waals surface area contributed by atoms with Gasteiger partial charge in [-0.15, -0.1) is 0 Å². The molecule has 1 amide bonds. The van der Waals surface area contributed by atoms with Gasteiger partial charge in [0.1, 0.15) is 12.4 Å². The normalized spacial score (nSPS) is 10.6. The fourth-order valence-electron chi connectivity index (χ4n) is 2.03. The second-order valence-corrected chi connectivity index (χ2v) is 5.04. The van der Waals surface area contributed by atoms with E-state index in [-0.39, 0.29) is 17.6 Å². The maximum Gasteiger partial charge on any atom is 0.291 e. The number of hydrogen-bond donors (Lipinski definition) is 1. The maximum atomic E-state index is 13.5. The van der Waals surface area contributed by atoms with Crippen molar-refractivity contribution in [2.75, 3.05) is 5.32 Å². The summed E-state index contributed by atoms with van der Waals surface area (Å²) in [5, 5.41) is 2.55. The smallest absolute Gasteiger partial charge is 0.291 e. The van der Waals surface area contributed by atoms with Gasteiger partial charge in [0.25, 0.3) is 5.91 Å². The number of rotatable bonds is 5. The second kappa shape index (κ2) is 7.26. The summed E-state index contributed by atoms with van der Waals surface area (Å²) in [6.07, 6.45) is 2.97. The number of pyridine rings is 1. The van der Waals surface area contributed by atoms with Crippen LogP contribution in [-0.2, 0) is 6.61 Å². The molecule has 0 unspecified atom stereocenters. The van der Waals surface area contributed by atoms with E-state index in [1.54, 1.807) is 12.1 Å². The highest BCUT2D eigenvalue weighted by molar-refractivity contribution is 6.02. The van der Waals surface area contributed by atoms with Crippen molar-refractivity contribution in [2.45, 2.75) is 6.61 Å². The summed E-state index contributed by atoms with van der Waals surface area (Å²) in [5.74, 6) is -8.35. The van der Waals surface area contributed by atoms with Crippen LogP contribution in [0.15, 0.2) is 47.1 Å². The molecule has 2 heterocycles. The number of benzene rings is 1. The lowest BCUT2D eigenvalue weighted by molar-refractivity contribution is 0.0992. The summed E-state index contributed by atoms with van der Waals surface area (Å²) in [6.45, 7) is -0.542. The molecule has 0 aliphatic rings. The van der Waals surface area contributed by atoms with Crippen LogP contribution in [0.2, 0.25) is 0 Å². The minimum atomic E-state index is -1.66. The van der Waals surface area contributed by atoms with Crippen molar-refractivity contribution >= 4 is 11.6 Å². The van der Waals surface area contributed by atoms with Gasteiger partial charge in [-0.1, -0.05) is 0 Å². The van der Waals surface area contributed by atoms with Crippen molar-refractivity contribution in [1.82, 2.24) is 4.98 Å². The number of halogens is 4. The van der Waals surface area contributed by atoms with E-state index in [9.17, 15) is 22.4 Å². The molecule has 0 saturated heterocycles. The van der Waals surface area contributed by atoms with Crippen LogP contribution in [0.5, 0.6) is 5.75 Å². The summed E-state index contributed by atoms with van der Waals surface area (Å²) >= 11 is 0. The first kappa shape index (κ1) is 17.5. The molecule has 3 rings (SSSR count). The van der Waals surface area contributed by atoms with Crippen molar-refractivity contribution in [3.05, 3.63) is 77.5 Å². The molecule has 0 radical (unpaired) electrons. The third-order valence-electron chi connectivity index (χ3n) is 3.25. The highest BCUT2D eigenvalue weighted by Crippen LogP contribution is 2.27. The minimum absolute atomic E-state index is 0.0216. The lowest BCUT2D eigenvalue weighted by Crippen LogP contribution is -2.10. The van der Waals surface area contributed by atoms with Crippen molar-refractivity contribution in [1.29, 1.82) is 0 Å². The third-order valence-corrected chi connectivity index (χ3v) is 3.25. The zero-order valence-corrected chi connectivity index (χ0v) is 12.9. The fourth-order valence-corrected chi connectivity index (χ4v) is 2.03. The SMILES string of the molecule is O=C(Nc1ccncc1)c1ccc(COc2c(F)c(F)cc(F)c2F)o1. The van der Waals surface area contributed by atoms with Gasteiger partial charge in [-0.2, -0.15) is 8.78 Å². The van der Waals surface area contributed by atoms with E-state index in [2.05, 4.69) is 10.3 Å². The van der Waals surface area contributed by atoms with Gasteiger partial charge in [0.15, 0.2) is 23.1 Å². The quantitative estimate of drug-likeness (QED) is 0.546. The van der Waals surface area contributed by atoms with Gasteiger partial charge < -0.3 is 14.5 Å². The second-order valence-electron chi connectivity index (χ2n) is 5.04. The number of ether oxygens (including phenoxy) is 1. The lowest BCUT2D eigenvalue weighted by Gasteiger charge is -2.08. The average molecular weight is 366 g/mol. The predicted octanol–water partition coefficient (Wildman–Crippen LogP) is 4.06. The van der Waals surface area contributed by atoms with E-state index in [0.29, 0.717) is 5.69 Å². The molecule has 9 heteroatoms. The molecule has 0 atom stereocenters. The Labute approximate surface area is 144 Å². The molecule has 1 aromatic carbocycles. The number of anilines is 1. The van der Waals surface area contributed by atoms with Gasteiger partial charge in [-0.25, -0.2) is 8.78 Å². The molecule has 5 nitrogen and oxygen atoms in total. The molecule has 0 saturated carbocycles. The lowest BCUT2D eigenvalue weighted by atomic mass is 10.3. The largest absolute Gasteiger partial charge is 0.479 e. The Morgan fingerprint density at radius 1 is 1.04 bits per heavy atom. The van der Waals surface area contributed by atoms with Gasteiger partial charge >= 0.3 is 0 Å². The number of furan rings is 1. The van der Waals surface area contributed by atoms with Crippen LogP contribution in [0, 0.1) is 23.3 Å². The molecule has 0 aliphatic carbocycles. The Morgan fingerprint density at radius 3 is 2.35 bits per heavy atom. The zero-order valence-electron chi connectivity index (χ0n) is 12.9. The first-order chi connectivity index (χ1) is 12.5. The number of aromatic nitrogens is 1. The Kier molecular flexibility index (Phi) is 4.87. The van der Waals surface area contributed by atoms with Crippen LogP contribution in [0.3, 0.4) is 0 Å². The highest BCUT2D eigenvalue weighted by Gasteiger charge is 2.21. The molecular weight excluding hydrogens is 356 g/mol. The molecule has 26 heavy (non-hydrogen) atoms. The van der Waals surface area contributed by atoms with E-state index in [1.165, 1.54) is 24.5 Å². The van der Waals surface area contributed by atoms with Crippen LogP contribution in [0.1, 0.15) is 16.3 Å². The molecule has 0 spiro atoms. The Balaban J connectivity index is 1.69. The molecule has 0 bridgehead atoms. The van der Waals surface area contributed by atoms with Gasteiger partial charge in [-0.3, -0.25) is 9.78 Å². The van der Waals surface area contributed by atoms with Crippen LogP contribution in [0.25, 0.3) is 0 Å². The van der Waals surface area contributed by atoms with Crippen molar-refractivity contribution in [2.24, 2.45) is 0 Å².